The first-order valence-corrected chi connectivity index (χ1v) is 16.5. The molecule has 8 nitrogen and oxygen atoms in total. The number of rotatable bonds is 12. The minimum atomic E-state index is -4.14. The smallest absolute Gasteiger partial charge is 0.264 e. The highest BCUT2D eigenvalue weighted by molar-refractivity contribution is 7.92. The Labute approximate surface area is 256 Å². The van der Waals surface area contributed by atoms with Crippen molar-refractivity contribution in [2.24, 2.45) is 0 Å². The molecule has 0 spiro atoms. The average molecular weight is 606 g/mol. The molecule has 0 aliphatic heterocycles. The summed E-state index contributed by atoms with van der Waals surface area (Å²) in [5.41, 5.74) is 3.26. The van der Waals surface area contributed by atoms with Gasteiger partial charge >= 0.3 is 0 Å². The zero-order chi connectivity index (χ0) is 31.0. The Bertz CT molecular complexity index is 1470. The zero-order valence-electron chi connectivity index (χ0n) is 25.6. The van der Waals surface area contributed by atoms with E-state index in [9.17, 15) is 18.0 Å². The van der Waals surface area contributed by atoms with E-state index in [-0.39, 0.29) is 23.4 Å². The monoisotopic (exact) mass is 605 g/mol. The Morgan fingerprint density at radius 1 is 0.884 bits per heavy atom. The molecule has 0 radical (unpaired) electrons. The highest BCUT2D eigenvalue weighted by Gasteiger charge is 2.33. The third-order valence-electron chi connectivity index (χ3n) is 7.92. The molecule has 9 heteroatoms. The van der Waals surface area contributed by atoms with Gasteiger partial charge in [0, 0.05) is 12.6 Å². The second kappa shape index (κ2) is 14.6. The lowest BCUT2D eigenvalue weighted by atomic mass is 9.95. The molecule has 43 heavy (non-hydrogen) atoms. The molecule has 3 aromatic rings. The van der Waals surface area contributed by atoms with Crippen LogP contribution < -0.4 is 14.4 Å². The molecule has 1 saturated carbocycles. The second-order valence-electron chi connectivity index (χ2n) is 11.3. The van der Waals surface area contributed by atoms with Gasteiger partial charge < -0.3 is 15.0 Å². The van der Waals surface area contributed by atoms with Gasteiger partial charge in [-0.1, -0.05) is 66.8 Å². The van der Waals surface area contributed by atoms with Gasteiger partial charge in [0.2, 0.25) is 11.8 Å². The fraction of sp³-hybridized carbons (Fsp3) is 0.412. The van der Waals surface area contributed by atoms with Gasteiger partial charge in [-0.25, -0.2) is 8.42 Å². The summed E-state index contributed by atoms with van der Waals surface area (Å²) in [4.78, 5) is 29.1. The number of hydrogen-bond donors (Lipinski definition) is 1. The molecule has 0 saturated heterocycles. The van der Waals surface area contributed by atoms with Crippen molar-refractivity contribution in [3.05, 3.63) is 89.5 Å². The summed E-state index contributed by atoms with van der Waals surface area (Å²) >= 11 is 0. The van der Waals surface area contributed by atoms with Gasteiger partial charge in [-0.2, -0.15) is 0 Å². The third-order valence-corrected chi connectivity index (χ3v) is 9.70. The molecule has 4 rings (SSSR count). The summed E-state index contributed by atoms with van der Waals surface area (Å²) in [5.74, 6) is -0.146. The van der Waals surface area contributed by atoms with Crippen LogP contribution in [0.2, 0.25) is 0 Å². The topological polar surface area (TPSA) is 96.0 Å². The maximum absolute atomic E-state index is 14.1. The van der Waals surface area contributed by atoms with Crippen LogP contribution in [0.1, 0.15) is 62.6 Å². The van der Waals surface area contributed by atoms with Crippen molar-refractivity contribution in [2.75, 3.05) is 17.5 Å². The van der Waals surface area contributed by atoms with Gasteiger partial charge in [0.25, 0.3) is 10.0 Å². The number of aryl methyl sites for hydroxylation is 2. The van der Waals surface area contributed by atoms with Gasteiger partial charge in [-0.15, -0.1) is 0 Å². The molecule has 1 atom stereocenters. The van der Waals surface area contributed by atoms with Gasteiger partial charge in [0.05, 0.1) is 17.2 Å². The summed E-state index contributed by atoms with van der Waals surface area (Å²) in [6.07, 6.45) is 5.15. The Morgan fingerprint density at radius 2 is 1.47 bits per heavy atom. The van der Waals surface area contributed by atoms with E-state index in [0.717, 1.165) is 53.1 Å². The van der Waals surface area contributed by atoms with Crippen LogP contribution in [0.25, 0.3) is 0 Å². The summed E-state index contributed by atoms with van der Waals surface area (Å²) < 4.78 is 34.7. The van der Waals surface area contributed by atoms with Crippen LogP contribution >= 0.6 is 0 Å². The fourth-order valence-electron chi connectivity index (χ4n) is 5.28. The van der Waals surface area contributed by atoms with E-state index in [1.54, 1.807) is 31.2 Å². The minimum absolute atomic E-state index is 0.0394. The number of nitrogens with one attached hydrogen (secondary N) is 1. The number of nitrogens with zero attached hydrogens (tertiary/aromatic N) is 2. The van der Waals surface area contributed by atoms with Crippen LogP contribution in [0.3, 0.4) is 0 Å². The Balaban J connectivity index is 1.66. The average Bonchev–Trinajstić information content (AvgIpc) is 3.00. The molecule has 1 aliphatic carbocycles. The van der Waals surface area contributed by atoms with E-state index in [1.165, 1.54) is 17.0 Å². The molecule has 230 valence electrons. The summed E-state index contributed by atoms with van der Waals surface area (Å²) in [5, 5.41) is 3.14. The van der Waals surface area contributed by atoms with E-state index in [2.05, 4.69) is 5.32 Å². The van der Waals surface area contributed by atoms with E-state index in [0.29, 0.717) is 18.0 Å². The first-order valence-electron chi connectivity index (χ1n) is 15.1. The third kappa shape index (κ3) is 8.38. The molecule has 1 aliphatic rings. The van der Waals surface area contributed by atoms with Crippen LogP contribution in [-0.4, -0.2) is 50.4 Å². The zero-order valence-corrected chi connectivity index (χ0v) is 26.4. The number of sulfonamides is 1. The summed E-state index contributed by atoms with van der Waals surface area (Å²) in [7, 11) is -4.14. The van der Waals surface area contributed by atoms with Crippen LogP contribution in [0, 0.1) is 13.8 Å². The quantitative estimate of drug-likeness (QED) is 0.283. The van der Waals surface area contributed by atoms with E-state index >= 15 is 0 Å². The first-order chi connectivity index (χ1) is 20.6. The number of benzene rings is 3. The molecule has 3 aromatic carbocycles. The predicted octanol–water partition coefficient (Wildman–Crippen LogP) is 5.76. The Hall–Kier alpha value is -3.85. The maximum atomic E-state index is 14.1. The van der Waals surface area contributed by atoms with Gasteiger partial charge in [-0.05, 0) is 82.5 Å². The number of ether oxygens (including phenoxy) is 1. The van der Waals surface area contributed by atoms with Crippen molar-refractivity contribution in [1.82, 2.24) is 10.2 Å². The van der Waals surface area contributed by atoms with Crippen molar-refractivity contribution >= 4 is 27.5 Å². The molecule has 1 fully saturated rings. The van der Waals surface area contributed by atoms with Crippen molar-refractivity contribution in [2.45, 2.75) is 83.3 Å². The molecule has 0 aromatic heterocycles. The van der Waals surface area contributed by atoms with Crippen LogP contribution in [-0.2, 0) is 26.2 Å². The molecular weight excluding hydrogens is 562 g/mol. The molecule has 2 amide bonds. The Kier molecular flexibility index (Phi) is 10.9. The number of anilines is 1. The summed E-state index contributed by atoms with van der Waals surface area (Å²) in [6.45, 7) is 7.62. The van der Waals surface area contributed by atoms with Gasteiger partial charge in [-0.3, -0.25) is 13.9 Å². The van der Waals surface area contributed by atoms with Crippen LogP contribution in [0.4, 0.5) is 5.69 Å². The van der Waals surface area contributed by atoms with Crippen molar-refractivity contribution in [1.29, 1.82) is 0 Å². The maximum Gasteiger partial charge on any atom is 0.264 e. The van der Waals surface area contributed by atoms with E-state index < -0.39 is 28.5 Å². The fourth-order valence-corrected chi connectivity index (χ4v) is 6.70. The number of carbonyl (C=O) groups is 2. The van der Waals surface area contributed by atoms with Crippen molar-refractivity contribution < 1.29 is 22.7 Å². The molecular formula is C34H43N3O5S. The van der Waals surface area contributed by atoms with E-state index in [4.69, 9.17) is 4.74 Å². The normalized spacial score (nSPS) is 14.5. The number of carbonyl (C=O) groups excluding carboxylic acids is 2. The predicted molar refractivity (Wildman–Crippen MR) is 170 cm³/mol. The lowest BCUT2D eigenvalue weighted by Gasteiger charge is -2.33. The standard InChI is InChI=1S/C34H43N3O5S/c1-5-42-31-19-21-32(22-20-31)43(40,41)37(30-17-13-26(3)14-18-30)24-33(38)36(23-28-15-11-25(2)12-16-28)27(4)34(39)35-29-9-7-6-8-10-29/h11-22,27,29H,5-10,23-24H2,1-4H3,(H,35,39)/t27-/m1/s1. The lowest BCUT2D eigenvalue weighted by molar-refractivity contribution is -0.139. The Morgan fingerprint density at radius 3 is 2.05 bits per heavy atom. The molecule has 0 bridgehead atoms. The molecule has 1 N–H and O–H groups in total. The highest BCUT2D eigenvalue weighted by atomic mass is 32.2. The SMILES string of the molecule is CCOc1ccc(S(=O)(=O)N(CC(=O)N(Cc2ccc(C)cc2)[C@H](C)C(=O)NC2CCCCC2)c2ccc(C)cc2)cc1. The van der Waals surface area contributed by atoms with Crippen LogP contribution in [0.15, 0.2) is 77.7 Å². The van der Waals surface area contributed by atoms with Crippen LogP contribution in [0.5, 0.6) is 5.75 Å². The van der Waals surface area contributed by atoms with Gasteiger partial charge in [0.1, 0.15) is 18.3 Å². The number of hydrogen-bond acceptors (Lipinski definition) is 5. The van der Waals surface area contributed by atoms with Gasteiger partial charge in [0.15, 0.2) is 0 Å². The number of amides is 2. The van der Waals surface area contributed by atoms with Crippen molar-refractivity contribution in [3.63, 3.8) is 0 Å². The summed E-state index contributed by atoms with van der Waals surface area (Å²) in [6, 6.07) is 20.2. The lowest BCUT2D eigenvalue weighted by Crippen LogP contribution is -2.53. The largest absolute Gasteiger partial charge is 0.494 e. The first kappa shape index (κ1) is 32.1. The highest BCUT2D eigenvalue weighted by Crippen LogP contribution is 2.27. The van der Waals surface area contributed by atoms with E-state index in [1.807, 2.05) is 57.2 Å². The molecule has 0 heterocycles. The second-order valence-corrected chi connectivity index (χ2v) is 13.1. The minimum Gasteiger partial charge on any atom is -0.494 e. The molecule has 0 unspecified atom stereocenters. The van der Waals surface area contributed by atoms with Crippen molar-refractivity contribution in [3.8, 4) is 5.75 Å².